The summed E-state index contributed by atoms with van der Waals surface area (Å²) in [6.45, 7) is 1.71. The number of nitriles is 1. The van der Waals surface area contributed by atoms with Gasteiger partial charge in [0.05, 0.1) is 17.0 Å². The van der Waals surface area contributed by atoms with Crippen molar-refractivity contribution in [2.45, 2.75) is 11.9 Å². The maximum Gasteiger partial charge on any atom is 0.255 e. The average molecular weight is 203 g/mol. The van der Waals surface area contributed by atoms with E-state index in [-0.39, 0.29) is 10.9 Å². The Morgan fingerprint density at radius 2 is 2.00 bits per heavy atom. The average Bonchev–Trinajstić information content (AvgIpc) is 1.84. The summed E-state index contributed by atoms with van der Waals surface area (Å²) >= 11 is 16.7. The number of hydrogen-bond acceptors (Lipinski definition) is 1. The lowest BCUT2D eigenvalue weighted by Gasteiger charge is -2.08. The van der Waals surface area contributed by atoms with Crippen molar-refractivity contribution in [3.05, 3.63) is 0 Å². The van der Waals surface area contributed by atoms with Crippen molar-refractivity contribution in [3.8, 4) is 6.07 Å². The molecule has 2 unspecified atom stereocenters. The molecule has 0 aromatic heterocycles. The van der Waals surface area contributed by atoms with Crippen LogP contribution in [0.1, 0.15) is 6.92 Å². The van der Waals surface area contributed by atoms with Gasteiger partial charge in [-0.25, -0.2) is 0 Å². The highest BCUT2D eigenvalue weighted by Crippen LogP contribution is 2.17. The van der Waals surface area contributed by atoms with E-state index in [0.29, 0.717) is 0 Å². The minimum atomic E-state index is -1.85. The van der Waals surface area contributed by atoms with E-state index in [1.165, 1.54) is 0 Å². The maximum atomic E-state index is 8.32. The zero-order chi connectivity index (χ0) is 7.44. The van der Waals surface area contributed by atoms with E-state index in [1.54, 1.807) is 6.92 Å². The molecule has 9 heavy (non-hydrogen) atoms. The Kier molecular flexibility index (Phi) is 4.68. The van der Waals surface area contributed by atoms with Gasteiger partial charge in [0.15, 0.2) is 0 Å². The van der Waals surface area contributed by atoms with Crippen LogP contribution in [0.15, 0.2) is 0 Å². The summed E-state index contributed by atoms with van der Waals surface area (Å²) in [4.78, 5) is 0. The van der Waals surface area contributed by atoms with E-state index in [4.69, 9.17) is 39.0 Å². The number of hydrogen-bond donors (Lipinski definition) is 0. The van der Waals surface area contributed by atoms with Gasteiger partial charge in [-0.3, -0.25) is 0 Å². The van der Waals surface area contributed by atoms with Gasteiger partial charge < -0.3 is 0 Å². The number of rotatable bonds is 2. The molecule has 0 radical (unpaired) electrons. The highest BCUT2D eigenvalue weighted by Gasteiger charge is 2.22. The van der Waals surface area contributed by atoms with Crippen LogP contribution in [0, 0.1) is 17.2 Å². The second-order valence-corrected chi connectivity index (χ2v) is 7.50. The first kappa shape index (κ1) is 9.58. The lowest BCUT2D eigenvalue weighted by atomic mass is 10.2. The summed E-state index contributed by atoms with van der Waals surface area (Å²) < 4.78 is 0. The van der Waals surface area contributed by atoms with Crippen LogP contribution in [0.2, 0.25) is 0 Å². The van der Waals surface area contributed by atoms with Gasteiger partial charge in [0.1, 0.15) is 0 Å². The van der Waals surface area contributed by atoms with Crippen molar-refractivity contribution in [3.63, 3.8) is 0 Å². The second kappa shape index (κ2) is 4.40. The quantitative estimate of drug-likeness (QED) is 0.382. The lowest BCUT2D eigenvalue weighted by Crippen LogP contribution is -2.20. The molecule has 52 valence electrons. The summed E-state index contributed by atoms with van der Waals surface area (Å²) in [5, 5.41) is 7.99. The molecular weight excluding hydrogens is 196 g/mol. The maximum absolute atomic E-state index is 8.32. The Morgan fingerprint density at radius 1 is 1.56 bits per heavy atom. The van der Waals surface area contributed by atoms with E-state index in [0.717, 1.165) is 0 Å². The van der Waals surface area contributed by atoms with Crippen LogP contribution in [0.25, 0.3) is 0 Å². The molecular formula is C4H6Cl3NSi. The molecule has 0 aromatic rings. The van der Waals surface area contributed by atoms with Crippen LogP contribution in [-0.2, 0) is 0 Å². The van der Waals surface area contributed by atoms with Crippen molar-refractivity contribution in [1.82, 2.24) is 0 Å². The van der Waals surface area contributed by atoms with Crippen LogP contribution < -0.4 is 0 Å². The molecule has 0 saturated carbocycles. The first-order valence-electron chi connectivity index (χ1n) is 2.41. The molecule has 0 N–H and O–H groups in total. The summed E-state index contributed by atoms with van der Waals surface area (Å²) in [7, 11) is -1.85. The molecule has 0 aliphatic heterocycles. The van der Waals surface area contributed by atoms with Gasteiger partial charge in [-0.1, -0.05) is 0 Å². The van der Waals surface area contributed by atoms with E-state index in [2.05, 4.69) is 0 Å². The van der Waals surface area contributed by atoms with Gasteiger partial charge >= 0.3 is 0 Å². The van der Waals surface area contributed by atoms with Crippen LogP contribution >= 0.6 is 33.8 Å². The topological polar surface area (TPSA) is 23.8 Å². The highest BCUT2D eigenvalue weighted by atomic mass is 35.7. The Balaban J connectivity index is 3.76. The SMILES string of the molecule is CC(C#N)C(Cl)[SiH](Cl)Cl. The molecule has 0 rings (SSSR count). The summed E-state index contributed by atoms with van der Waals surface area (Å²) in [5.41, 5.74) is 0. The number of nitrogens with zero attached hydrogens (tertiary/aromatic N) is 1. The highest BCUT2D eigenvalue weighted by molar-refractivity contribution is 7.36. The van der Waals surface area contributed by atoms with Gasteiger partial charge in [0.25, 0.3) is 7.42 Å². The standard InChI is InChI=1S/C4H6Cl3NSi/c1-3(2-8)4(5)9(6)7/h3-4,9H,1H3. The fraction of sp³-hybridized carbons (Fsp3) is 0.750. The third kappa shape index (κ3) is 3.32. The van der Waals surface area contributed by atoms with Gasteiger partial charge in [-0.2, -0.15) is 5.26 Å². The van der Waals surface area contributed by atoms with Crippen LogP contribution in [-0.4, -0.2) is 12.4 Å². The number of halogens is 3. The molecule has 0 saturated heterocycles. The number of alkyl halides is 1. The molecule has 0 spiro atoms. The zero-order valence-corrected chi connectivity index (χ0v) is 8.24. The predicted molar refractivity (Wildman–Crippen MR) is 43.3 cm³/mol. The zero-order valence-electron chi connectivity index (χ0n) is 4.81. The Bertz CT molecular complexity index is 121. The summed E-state index contributed by atoms with van der Waals surface area (Å²) in [6, 6.07) is 1.98. The third-order valence-electron chi connectivity index (χ3n) is 0.922. The minimum Gasteiger partial charge on any atom is -0.198 e. The molecule has 0 aliphatic carbocycles. The van der Waals surface area contributed by atoms with E-state index in [1.807, 2.05) is 6.07 Å². The second-order valence-electron chi connectivity index (χ2n) is 1.70. The fourth-order valence-corrected chi connectivity index (χ4v) is 2.18. The molecule has 2 atom stereocenters. The molecule has 1 nitrogen and oxygen atoms in total. The van der Waals surface area contributed by atoms with E-state index in [9.17, 15) is 0 Å². The van der Waals surface area contributed by atoms with E-state index < -0.39 is 7.42 Å². The van der Waals surface area contributed by atoms with Crippen LogP contribution in [0.3, 0.4) is 0 Å². The summed E-state index contributed by atoms with van der Waals surface area (Å²) in [5.74, 6) is -0.238. The largest absolute Gasteiger partial charge is 0.255 e. The van der Waals surface area contributed by atoms with Gasteiger partial charge in [0, 0.05) is 0 Å². The van der Waals surface area contributed by atoms with Gasteiger partial charge in [0.2, 0.25) is 0 Å². The summed E-state index contributed by atoms with van der Waals surface area (Å²) in [6.07, 6.45) is 0. The fourth-order valence-electron chi connectivity index (χ4n) is 0.289. The predicted octanol–water partition coefficient (Wildman–Crippen LogP) is 1.99. The van der Waals surface area contributed by atoms with Crippen molar-refractivity contribution in [2.24, 2.45) is 5.92 Å². The Hall–Kier alpha value is 0.577. The Labute approximate surface area is 70.5 Å². The first-order valence-corrected chi connectivity index (χ1v) is 7.01. The van der Waals surface area contributed by atoms with Gasteiger partial charge in [-0.05, 0) is 6.92 Å². The first-order chi connectivity index (χ1) is 4.09. The Morgan fingerprint density at radius 3 is 2.11 bits per heavy atom. The smallest absolute Gasteiger partial charge is 0.198 e. The van der Waals surface area contributed by atoms with Crippen LogP contribution in [0.5, 0.6) is 0 Å². The third-order valence-corrected chi connectivity index (χ3v) is 5.52. The molecule has 0 bridgehead atoms. The monoisotopic (exact) mass is 201 g/mol. The molecule has 0 heterocycles. The van der Waals surface area contributed by atoms with Crippen LogP contribution in [0.4, 0.5) is 0 Å². The minimum absolute atomic E-state index is 0.238. The normalized spacial score (nSPS) is 16.9. The lowest BCUT2D eigenvalue weighted by molar-refractivity contribution is 0.810. The van der Waals surface area contributed by atoms with Crippen molar-refractivity contribution >= 4 is 41.2 Å². The van der Waals surface area contributed by atoms with Crippen molar-refractivity contribution < 1.29 is 0 Å². The van der Waals surface area contributed by atoms with Crippen molar-refractivity contribution in [2.75, 3.05) is 0 Å². The van der Waals surface area contributed by atoms with Gasteiger partial charge in [-0.15, -0.1) is 33.8 Å². The van der Waals surface area contributed by atoms with E-state index >= 15 is 0 Å². The molecule has 0 aliphatic rings. The molecule has 0 fully saturated rings. The molecule has 0 aromatic carbocycles. The van der Waals surface area contributed by atoms with Crippen molar-refractivity contribution in [1.29, 1.82) is 5.26 Å². The molecule has 0 amide bonds. The molecule has 5 heteroatoms.